The van der Waals surface area contributed by atoms with Crippen LogP contribution in [0.2, 0.25) is 0 Å². The zero-order valence-electron chi connectivity index (χ0n) is 10.8. The molecule has 0 saturated heterocycles. The van der Waals surface area contributed by atoms with Crippen molar-refractivity contribution < 1.29 is 4.79 Å². The molecule has 0 aromatic carbocycles. The summed E-state index contributed by atoms with van der Waals surface area (Å²) in [5.41, 5.74) is 5.47. The summed E-state index contributed by atoms with van der Waals surface area (Å²) in [6, 6.07) is 0.387. The predicted octanol–water partition coefficient (Wildman–Crippen LogP) is 1.91. The molecule has 0 heterocycles. The van der Waals surface area contributed by atoms with Crippen LogP contribution in [0, 0.1) is 17.8 Å². The van der Waals surface area contributed by atoms with Gasteiger partial charge in [0.15, 0.2) is 0 Å². The number of nitrogens with one attached hydrogen (secondary N) is 1. The van der Waals surface area contributed by atoms with Crippen LogP contribution in [-0.2, 0) is 4.79 Å². The van der Waals surface area contributed by atoms with E-state index in [1.165, 1.54) is 12.8 Å². The van der Waals surface area contributed by atoms with Crippen molar-refractivity contribution in [3.05, 3.63) is 0 Å². The predicted molar refractivity (Wildman–Crippen MR) is 66.9 cm³/mol. The molecule has 1 rings (SSSR count). The second kappa shape index (κ2) is 6.24. The fraction of sp³-hybridized carbons (Fsp3) is 0.923. The van der Waals surface area contributed by atoms with E-state index in [2.05, 4.69) is 19.2 Å². The third kappa shape index (κ3) is 3.21. The van der Waals surface area contributed by atoms with Gasteiger partial charge in [0.1, 0.15) is 0 Å². The minimum absolute atomic E-state index is 0.0536. The number of hydrogen-bond donors (Lipinski definition) is 2. The first-order chi connectivity index (χ1) is 7.60. The van der Waals surface area contributed by atoms with Gasteiger partial charge in [-0.3, -0.25) is 4.79 Å². The molecule has 1 aliphatic rings. The molecular weight excluding hydrogens is 200 g/mol. The fourth-order valence-corrected chi connectivity index (χ4v) is 2.73. The third-order valence-electron chi connectivity index (χ3n) is 4.13. The Kier molecular flexibility index (Phi) is 5.26. The van der Waals surface area contributed by atoms with Crippen molar-refractivity contribution >= 4 is 5.91 Å². The lowest BCUT2D eigenvalue weighted by Crippen LogP contribution is -2.40. The molecule has 0 spiro atoms. The van der Waals surface area contributed by atoms with Crippen LogP contribution < -0.4 is 11.1 Å². The van der Waals surface area contributed by atoms with Crippen LogP contribution in [0.3, 0.4) is 0 Å². The lowest BCUT2D eigenvalue weighted by molar-refractivity contribution is -0.125. The number of rotatable bonds is 5. The maximum Gasteiger partial charge on any atom is 0.223 e. The number of carbonyl (C=O) groups is 1. The lowest BCUT2D eigenvalue weighted by atomic mass is 9.93. The molecule has 0 radical (unpaired) electrons. The van der Waals surface area contributed by atoms with E-state index < -0.39 is 0 Å². The number of carbonyl (C=O) groups excluding carboxylic acids is 1. The van der Waals surface area contributed by atoms with Crippen molar-refractivity contribution in [1.82, 2.24) is 5.32 Å². The SMILES string of the molecule is CCC1CCC(NC(=O)C(C)CCN)C1C. The zero-order chi connectivity index (χ0) is 12.1. The van der Waals surface area contributed by atoms with Gasteiger partial charge in [0.05, 0.1) is 0 Å². The van der Waals surface area contributed by atoms with E-state index in [4.69, 9.17) is 5.73 Å². The van der Waals surface area contributed by atoms with Crippen molar-refractivity contribution in [2.75, 3.05) is 6.54 Å². The van der Waals surface area contributed by atoms with Crippen LogP contribution in [0.25, 0.3) is 0 Å². The average Bonchev–Trinajstić information content (AvgIpc) is 2.60. The monoisotopic (exact) mass is 226 g/mol. The Labute approximate surface area is 99.2 Å². The number of hydrogen-bond acceptors (Lipinski definition) is 2. The van der Waals surface area contributed by atoms with Crippen molar-refractivity contribution in [2.24, 2.45) is 23.5 Å². The van der Waals surface area contributed by atoms with E-state index in [0.717, 1.165) is 18.8 Å². The summed E-state index contributed by atoms with van der Waals surface area (Å²) in [5, 5.41) is 3.18. The average molecular weight is 226 g/mol. The van der Waals surface area contributed by atoms with Gasteiger partial charge in [-0.15, -0.1) is 0 Å². The first-order valence-corrected chi connectivity index (χ1v) is 6.60. The molecule has 0 bridgehead atoms. The molecule has 0 aliphatic heterocycles. The summed E-state index contributed by atoms with van der Waals surface area (Å²) in [4.78, 5) is 11.9. The Morgan fingerprint density at radius 1 is 1.50 bits per heavy atom. The van der Waals surface area contributed by atoms with Crippen LogP contribution in [0.4, 0.5) is 0 Å². The highest BCUT2D eigenvalue weighted by Crippen LogP contribution is 2.33. The van der Waals surface area contributed by atoms with Gasteiger partial charge in [0.25, 0.3) is 0 Å². The first-order valence-electron chi connectivity index (χ1n) is 6.60. The molecule has 1 fully saturated rings. The Bertz CT molecular complexity index is 230. The minimum atomic E-state index is 0.0536. The van der Waals surface area contributed by atoms with Crippen molar-refractivity contribution in [3.8, 4) is 0 Å². The Balaban J connectivity index is 2.40. The van der Waals surface area contributed by atoms with E-state index in [9.17, 15) is 4.79 Å². The van der Waals surface area contributed by atoms with Crippen LogP contribution in [-0.4, -0.2) is 18.5 Å². The largest absolute Gasteiger partial charge is 0.353 e. The van der Waals surface area contributed by atoms with Gasteiger partial charge in [0.2, 0.25) is 5.91 Å². The number of amides is 1. The lowest BCUT2D eigenvalue weighted by Gasteiger charge is -2.22. The van der Waals surface area contributed by atoms with Crippen molar-refractivity contribution in [1.29, 1.82) is 0 Å². The van der Waals surface area contributed by atoms with E-state index in [0.29, 0.717) is 18.5 Å². The van der Waals surface area contributed by atoms with E-state index in [1.54, 1.807) is 0 Å². The Morgan fingerprint density at radius 3 is 2.69 bits per heavy atom. The van der Waals surface area contributed by atoms with E-state index in [-0.39, 0.29) is 11.8 Å². The highest BCUT2D eigenvalue weighted by molar-refractivity contribution is 5.78. The molecule has 0 aromatic rings. The van der Waals surface area contributed by atoms with Gasteiger partial charge in [-0.25, -0.2) is 0 Å². The molecule has 4 unspecified atom stereocenters. The highest BCUT2D eigenvalue weighted by atomic mass is 16.1. The fourth-order valence-electron chi connectivity index (χ4n) is 2.73. The molecular formula is C13H26N2O. The second-order valence-corrected chi connectivity index (χ2v) is 5.20. The molecule has 3 heteroatoms. The normalized spacial score (nSPS) is 31.4. The highest BCUT2D eigenvalue weighted by Gasteiger charge is 2.32. The second-order valence-electron chi connectivity index (χ2n) is 5.20. The smallest absolute Gasteiger partial charge is 0.223 e. The van der Waals surface area contributed by atoms with Gasteiger partial charge in [0, 0.05) is 12.0 Å². The maximum atomic E-state index is 11.9. The molecule has 3 N–H and O–H groups in total. The standard InChI is InChI=1S/C13H26N2O/c1-4-11-5-6-12(10(11)3)15-13(16)9(2)7-8-14/h9-12H,4-8,14H2,1-3H3,(H,15,16). The van der Waals surface area contributed by atoms with Gasteiger partial charge in [-0.05, 0) is 37.6 Å². The van der Waals surface area contributed by atoms with Gasteiger partial charge >= 0.3 is 0 Å². The van der Waals surface area contributed by atoms with Crippen LogP contribution in [0.1, 0.15) is 46.5 Å². The van der Waals surface area contributed by atoms with E-state index in [1.807, 2.05) is 6.92 Å². The van der Waals surface area contributed by atoms with Crippen LogP contribution >= 0.6 is 0 Å². The summed E-state index contributed by atoms with van der Waals surface area (Å²) in [7, 11) is 0. The maximum absolute atomic E-state index is 11.9. The summed E-state index contributed by atoms with van der Waals surface area (Å²) in [5.74, 6) is 1.64. The first kappa shape index (κ1) is 13.5. The summed E-state index contributed by atoms with van der Waals surface area (Å²) in [6.45, 7) is 7.05. The van der Waals surface area contributed by atoms with Crippen LogP contribution in [0.5, 0.6) is 0 Å². The summed E-state index contributed by atoms with van der Waals surface area (Å²) in [6.07, 6.45) is 4.41. The minimum Gasteiger partial charge on any atom is -0.353 e. The Morgan fingerprint density at radius 2 is 2.19 bits per heavy atom. The quantitative estimate of drug-likeness (QED) is 0.752. The molecule has 94 valence electrons. The summed E-state index contributed by atoms with van der Waals surface area (Å²) >= 11 is 0. The van der Waals surface area contributed by atoms with E-state index >= 15 is 0 Å². The van der Waals surface area contributed by atoms with Crippen molar-refractivity contribution in [3.63, 3.8) is 0 Å². The molecule has 0 aromatic heterocycles. The topological polar surface area (TPSA) is 55.1 Å². The van der Waals surface area contributed by atoms with Gasteiger partial charge in [-0.1, -0.05) is 27.2 Å². The third-order valence-corrected chi connectivity index (χ3v) is 4.13. The zero-order valence-corrected chi connectivity index (χ0v) is 10.8. The Hall–Kier alpha value is -0.570. The molecule has 3 nitrogen and oxygen atoms in total. The molecule has 1 aliphatic carbocycles. The van der Waals surface area contributed by atoms with Gasteiger partial charge < -0.3 is 11.1 Å². The number of nitrogens with two attached hydrogens (primary N) is 1. The van der Waals surface area contributed by atoms with Gasteiger partial charge in [-0.2, -0.15) is 0 Å². The van der Waals surface area contributed by atoms with Crippen LogP contribution in [0.15, 0.2) is 0 Å². The molecule has 4 atom stereocenters. The molecule has 1 saturated carbocycles. The van der Waals surface area contributed by atoms with Crippen molar-refractivity contribution in [2.45, 2.75) is 52.5 Å². The molecule has 16 heavy (non-hydrogen) atoms. The summed E-state index contributed by atoms with van der Waals surface area (Å²) < 4.78 is 0. The molecule has 1 amide bonds.